The molecule has 0 aliphatic rings. The number of rotatable bonds is 41. The second-order valence-electron chi connectivity index (χ2n) is 15.3. The van der Waals surface area contributed by atoms with E-state index in [0.717, 1.165) is 57.8 Å². The minimum absolute atomic E-state index is 0.0677. The molecule has 0 aromatic rings. The summed E-state index contributed by atoms with van der Waals surface area (Å²) in [6.45, 7) is 6.57. The van der Waals surface area contributed by atoms with Crippen LogP contribution in [0.15, 0.2) is 12.2 Å². The van der Waals surface area contributed by atoms with E-state index < -0.39 is 6.10 Å². The Morgan fingerprint density at radius 1 is 0.365 bits per heavy atom. The SMILES string of the molecule is CCCCCCCC/C=C\CCCCCCCCCCCC(=O)OCC(COC(=O)CCCCCCCCC)OC(=O)CCCCCCCCCC. The molecule has 1 atom stereocenters. The normalized spacial score (nSPS) is 12.0. The molecule has 0 amide bonds. The van der Waals surface area contributed by atoms with Gasteiger partial charge in [0.25, 0.3) is 0 Å². The lowest BCUT2D eigenvalue weighted by Gasteiger charge is -2.18. The van der Waals surface area contributed by atoms with Crippen molar-refractivity contribution in [2.24, 2.45) is 0 Å². The largest absolute Gasteiger partial charge is 0.462 e. The number of carbonyl (C=O) groups excluding carboxylic acids is 3. The Hall–Kier alpha value is -1.85. The highest BCUT2D eigenvalue weighted by molar-refractivity contribution is 5.71. The highest BCUT2D eigenvalue weighted by Crippen LogP contribution is 2.15. The van der Waals surface area contributed by atoms with Crippen LogP contribution in [0.25, 0.3) is 0 Å². The van der Waals surface area contributed by atoms with Crippen LogP contribution in [0.3, 0.4) is 0 Å². The van der Waals surface area contributed by atoms with Gasteiger partial charge in [0.1, 0.15) is 13.2 Å². The van der Waals surface area contributed by atoms with E-state index in [4.69, 9.17) is 14.2 Å². The second kappa shape index (κ2) is 41.9. The zero-order chi connectivity index (χ0) is 38.0. The molecule has 1 unspecified atom stereocenters. The van der Waals surface area contributed by atoms with E-state index in [2.05, 4.69) is 32.9 Å². The summed E-state index contributed by atoms with van der Waals surface area (Å²) in [7, 11) is 0. The van der Waals surface area contributed by atoms with Crippen molar-refractivity contribution < 1.29 is 28.6 Å². The molecule has 0 bridgehead atoms. The lowest BCUT2D eigenvalue weighted by atomic mass is 10.1. The van der Waals surface area contributed by atoms with Gasteiger partial charge in [-0.2, -0.15) is 0 Å². The first-order chi connectivity index (χ1) is 25.5. The first-order valence-electron chi connectivity index (χ1n) is 22.7. The standard InChI is InChI=1S/C46H86O6/c1-4-7-10-13-16-18-19-20-21-22-23-24-25-26-27-28-31-33-36-39-45(48)51-42-43(41-50-44(47)38-35-32-29-15-12-9-6-3)52-46(49)40-37-34-30-17-14-11-8-5-2/h20-21,43H,4-19,22-42H2,1-3H3/b21-20-. The molecule has 0 N–H and O–H groups in total. The molecule has 0 spiro atoms. The van der Waals surface area contributed by atoms with Crippen LogP contribution in [-0.4, -0.2) is 37.2 Å². The smallest absolute Gasteiger partial charge is 0.306 e. The van der Waals surface area contributed by atoms with Crippen molar-refractivity contribution in [3.8, 4) is 0 Å². The highest BCUT2D eigenvalue weighted by atomic mass is 16.6. The third kappa shape index (κ3) is 39.4. The maximum atomic E-state index is 12.6. The fourth-order valence-corrected chi connectivity index (χ4v) is 6.55. The molecule has 0 aromatic heterocycles. The van der Waals surface area contributed by atoms with Crippen molar-refractivity contribution in [2.75, 3.05) is 13.2 Å². The summed E-state index contributed by atoms with van der Waals surface area (Å²) in [5.41, 5.74) is 0. The van der Waals surface area contributed by atoms with Crippen LogP contribution in [0.4, 0.5) is 0 Å². The van der Waals surface area contributed by atoms with Crippen LogP contribution in [0.5, 0.6) is 0 Å². The van der Waals surface area contributed by atoms with Gasteiger partial charge in [-0.05, 0) is 44.9 Å². The lowest BCUT2D eigenvalue weighted by molar-refractivity contribution is -0.167. The van der Waals surface area contributed by atoms with Crippen molar-refractivity contribution >= 4 is 17.9 Å². The van der Waals surface area contributed by atoms with Gasteiger partial charge in [0.05, 0.1) is 0 Å². The zero-order valence-electron chi connectivity index (χ0n) is 34.8. The molecule has 0 aliphatic heterocycles. The summed E-state index contributed by atoms with van der Waals surface area (Å²) in [6, 6.07) is 0. The summed E-state index contributed by atoms with van der Waals surface area (Å²) >= 11 is 0. The molecule has 52 heavy (non-hydrogen) atoms. The molecule has 306 valence electrons. The number of allylic oxidation sites excluding steroid dienone is 2. The monoisotopic (exact) mass is 735 g/mol. The topological polar surface area (TPSA) is 78.9 Å². The molecule has 0 rings (SSSR count). The Kier molecular flexibility index (Phi) is 40.4. The quantitative estimate of drug-likeness (QED) is 0.0269. The summed E-state index contributed by atoms with van der Waals surface area (Å²) in [5, 5.41) is 0. The number of hydrogen-bond acceptors (Lipinski definition) is 6. The molecule has 6 heteroatoms. The van der Waals surface area contributed by atoms with Gasteiger partial charge in [-0.1, -0.05) is 193 Å². The average Bonchev–Trinajstić information content (AvgIpc) is 3.14. The maximum Gasteiger partial charge on any atom is 0.306 e. The molecule has 6 nitrogen and oxygen atoms in total. The number of unbranched alkanes of at least 4 members (excludes halogenated alkanes) is 28. The van der Waals surface area contributed by atoms with Crippen LogP contribution in [0.1, 0.15) is 245 Å². The molecule has 0 aromatic carbocycles. The Balaban J connectivity index is 4.14. The Bertz CT molecular complexity index is 809. The van der Waals surface area contributed by atoms with E-state index in [1.165, 1.54) is 148 Å². The third-order valence-electron chi connectivity index (χ3n) is 10.0. The molecule has 0 heterocycles. The van der Waals surface area contributed by atoms with E-state index in [9.17, 15) is 14.4 Å². The Morgan fingerprint density at radius 3 is 0.962 bits per heavy atom. The van der Waals surface area contributed by atoms with Crippen LogP contribution < -0.4 is 0 Å². The van der Waals surface area contributed by atoms with Gasteiger partial charge in [-0.25, -0.2) is 0 Å². The minimum atomic E-state index is -0.760. The molecular weight excluding hydrogens is 649 g/mol. The third-order valence-corrected chi connectivity index (χ3v) is 10.0. The number of carbonyl (C=O) groups is 3. The fraction of sp³-hybridized carbons (Fsp3) is 0.891. The second-order valence-corrected chi connectivity index (χ2v) is 15.3. The van der Waals surface area contributed by atoms with Crippen LogP contribution in [0.2, 0.25) is 0 Å². The van der Waals surface area contributed by atoms with Crippen molar-refractivity contribution in [3.05, 3.63) is 12.2 Å². The summed E-state index contributed by atoms with van der Waals surface area (Å²) < 4.78 is 16.6. The predicted molar refractivity (Wildman–Crippen MR) is 220 cm³/mol. The van der Waals surface area contributed by atoms with Gasteiger partial charge in [0, 0.05) is 19.3 Å². The van der Waals surface area contributed by atoms with Crippen molar-refractivity contribution in [3.63, 3.8) is 0 Å². The lowest BCUT2D eigenvalue weighted by Crippen LogP contribution is -2.30. The fourth-order valence-electron chi connectivity index (χ4n) is 6.55. The summed E-state index contributed by atoms with van der Waals surface area (Å²) in [4.78, 5) is 37.4. The average molecular weight is 735 g/mol. The minimum Gasteiger partial charge on any atom is -0.462 e. The van der Waals surface area contributed by atoms with E-state index in [1.807, 2.05) is 0 Å². The maximum absolute atomic E-state index is 12.6. The summed E-state index contributed by atoms with van der Waals surface area (Å²) in [6.07, 6.45) is 43.6. The number of esters is 3. The van der Waals surface area contributed by atoms with Gasteiger partial charge < -0.3 is 14.2 Å². The Labute approximate surface area is 322 Å². The molecule has 0 radical (unpaired) electrons. The molecule has 0 saturated carbocycles. The van der Waals surface area contributed by atoms with Gasteiger partial charge in [-0.3, -0.25) is 14.4 Å². The zero-order valence-corrected chi connectivity index (χ0v) is 34.8. The van der Waals surface area contributed by atoms with Gasteiger partial charge in [-0.15, -0.1) is 0 Å². The number of ether oxygens (including phenoxy) is 3. The molecular formula is C46H86O6. The van der Waals surface area contributed by atoms with E-state index in [0.29, 0.717) is 19.3 Å². The number of hydrogen-bond donors (Lipinski definition) is 0. The van der Waals surface area contributed by atoms with Gasteiger partial charge in [0.15, 0.2) is 6.10 Å². The van der Waals surface area contributed by atoms with E-state index >= 15 is 0 Å². The molecule has 0 saturated heterocycles. The van der Waals surface area contributed by atoms with Crippen molar-refractivity contribution in [1.29, 1.82) is 0 Å². The van der Waals surface area contributed by atoms with Crippen molar-refractivity contribution in [1.82, 2.24) is 0 Å². The Morgan fingerprint density at radius 2 is 0.635 bits per heavy atom. The predicted octanol–water partition coefficient (Wildman–Crippen LogP) is 14.3. The van der Waals surface area contributed by atoms with Gasteiger partial charge in [0.2, 0.25) is 0 Å². The molecule has 0 aliphatic carbocycles. The van der Waals surface area contributed by atoms with Gasteiger partial charge >= 0.3 is 17.9 Å². The summed E-state index contributed by atoms with van der Waals surface area (Å²) in [5.74, 6) is -0.874. The van der Waals surface area contributed by atoms with E-state index in [1.54, 1.807) is 0 Å². The van der Waals surface area contributed by atoms with E-state index in [-0.39, 0.29) is 31.1 Å². The first kappa shape index (κ1) is 50.1. The highest BCUT2D eigenvalue weighted by Gasteiger charge is 2.19. The van der Waals surface area contributed by atoms with Crippen LogP contribution >= 0.6 is 0 Å². The van der Waals surface area contributed by atoms with Crippen LogP contribution in [-0.2, 0) is 28.6 Å². The van der Waals surface area contributed by atoms with Crippen LogP contribution in [0, 0.1) is 0 Å². The first-order valence-corrected chi connectivity index (χ1v) is 22.7. The van der Waals surface area contributed by atoms with Crippen molar-refractivity contribution in [2.45, 2.75) is 252 Å². The molecule has 0 fully saturated rings.